The van der Waals surface area contributed by atoms with Gasteiger partial charge < -0.3 is 20.1 Å². The van der Waals surface area contributed by atoms with Crippen molar-refractivity contribution in [1.82, 2.24) is 0 Å². The number of esters is 2. The largest absolute Gasteiger partial charge is 0.472 e. The van der Waals surface area contributed by atoms with Crippen LogP contribution in [0.5, 0.6) is 0 Å². The van der Waals surface area contributed by atoms with E-state index in [1.165, 1.54) is 51.4 Å². The van der Waals surface area contributed by atoms with Gasteiger partial charge in [0.05, 0.1) is 13.2 Å². The summed E-state index contributed by atoms with van der Waals surface area (Å²) in [6.45, 7) is 3.57. The van der Waals surface area contributed by atoms with Crippen LogP contribution < -0.4 is 5.73 Å². The van der Waals surface area contributed by atoms with Crippen LogP contribution in [-0.4, -0.2) is 49.3 Å². The van der Waals surface area contributed by atoms with Crippen molar-refractivity contribution in [3.8, 4) is 0 Å². The fraction of sp³-hybridized carbons (Fsp3) is 0.756. The molecular formula is C41H74NO8P. The second-order valence-electron chi connectivity index (χ2n) is 13.1. The van der Waals surface area contributed by atoms with Crippen LogP contribution in [0.1, 0.15) is 168 Å². The highest BCUT2D eigenvalue weighted by atomic mass is 31.2. The maximum absolute atomic E-state index is 12.5. The minimum Gasteiger partial charge on any atom is -0.462 e. The zero-order valence-corrected chi connectivity index (χ0v) is 33.2. The Morgan fingerprint density at radius 1 is 0.608 bits per heavy atom. The van der Waals surface area contributed by atoms with Crippen LogP contribution in [0.2, 0.25) is 0 Å². The van der Waals surface area contributed by atoms with Gasteiger partial charge in [-0.15, -0.1) is 0 Å². The Labute approximate surface area is 311 Å². The molecule has 0 amide bonds. The number of hydrogen-bond donors (Lipinski definition) is 2. The maximum atomic E-state index is 12.5. The molecule has 0 bridgehead atoms. The molecule has 3 N–H and O–H groups in total. The quantitative estimate of drug-likeness (QED) is 0.0276. The fourth-order valence-corrected chi connectivity index (χ4v) is 6.00. The van der Waals surface area contributed by atoms with Gasteiger partial charge in [0.1, 0.15) is 6.61 Å². The highest BCUT2D eigenvalue weighted by Gasteiger charge is 2.25. The van der Waals surface area contributed by atoms with Crippen molar-refractivity contribution in [2.45, 2.75) is 174 Å². The molecule has 0 radical (unpaired) electrons. The number of hydrogen-bond acceptors (Lipinski definition) is 8. The first-order valence-electron chi connectivity index (χ1n) is 20.1. The van der Waals surface area contributed by atoms with E-state index in [4.69, 9.17) is 24.3 Å². The van der Waals surface area contributed by atoms with Gasteiger partial charge in [0.2, 0.25) is 0 Å². The summed E-state index contributed by atoms with van der Waals surface area (Å²) in [6, 6.07) is 0. The number of carbonyl (C=O) groups excluding carboxylic acids is 2. The number of nitrogens with two attached hydrogens (primary N) is 1. The van der Waals surface area contributed by atoms with Crippen molar-refractivity contribution in [1.29, 1.82) is 0 Å². The number of allylic oxidation sites excluding steroid dienone is 8. The molecule has 2 atom stereocenters. The molecule has 0 heterocycles. The van der Waals surface area contributed by atoms with E-state index in [2.05, 4.69) is 62.5 Å². The fourth-order valence-electron chi connectivity index (χ4n) is 5.23. The molecule has 1 unspecified atom stereocenters. The lowest BCUT2D eigenvalue weighted by molar-refractivity contribution is -0.161. The van der Waals surface area contributed by atoms with Crippen LogP contribution in [0.3, 0.4) is 0 Å². The molecular weight excluding hydrogens is 665 g/mol. The van der Waals surface area contributed by atoms with Crippen LogP contribution in [0, 0.1) is 0 Å². The number of phosphoric acid groups is 1. The second kappa shape index (κ2) is 37.7. The third-order valence-electron chi connectivity index (χ3n) is 8.20. The number of ether oxygens (including phenoxy) is 2. The molecule has 0 aliphatic heterocycles. The summed E-state index contributed by atoms with van der Waals surface area (Å²) in [6.07, 6.45) is 41.3. The van der Waals surface area contributed by atoms with Crippen LogP contribution in [0.25, 0.3) is 0 Å². The van der Waals surface area contributed by atoms with Crippen LogP contribution in [0.15, 0.2) is 48.6 Å². The molecule has 0 fully saturated rings. The van der Waals surface area contributed by atoms with E-state index in [-0.39, 0.29) is 32.6 Å². The molecule has 0 rings (SSSR count). The molecule has 0 aromatic heterocycles. The summed E-state index contributed by atoms with van der Waals surface area (Å²) in [5.74, 6) is -0.856. The molecule has 0 spiro atoms. The van der Waals surface area contributed by atoms with Gasteiger partial charge in [0, 0.05) is 19.4 Å². The summed E-state index contributed by atoms with van der Waals surface area (Å²) in [7, 11) is -4.38. The SMILES string of the molecule is CC/C=C/C/C=C/C/C=C/CCCCCCCC(=O)OC[C@H](COP(=O)(O)OCCN)OC(=O)CCCCCCCCC/C=C/CCCCCC. The maximum Gasteiger partial charge on any atom is 0.472 e. The number of carbonyl (C=O) groups is 2. The lowest BCUT2D eigenvalue weighted by Gasteiger charge is -2.19. The Kier molecular flexibility index (Phi) is 36.2. The molecule has 0 aromatic rings. The number of phosphoric ester groups is 1. The second-order valence-corrected chi connectivity index (χ2v) is 14.6. The van der Waals surface area contributed by atoms with Crippen molar-refractivity contribution in [3.05, 3.63) is 48.6 Å². The average Bonchev–Trinajstić information content (AvgIpc) is 3.11. The first-order chi connectivity index (χ1) is 24.8. The van der Waals surface area contributed by atoms with Gasteiger partial charge in [0.25, 0.3) is 0 Å². The summed E-state index contributed by atoms with van der Waals surface area (Å²) < 4.78 is 32.7. The predicted octanol–water partition coefficient (Wildman–Crippen LogP) is 11.2. The van der Waals surface area contributed by atoms with E-state index < -0.39 is 32.5 Å². The third-order valence-corrected chi connectivity index (χ3v) is 9.18. The molecule has 0 saturated carbocycles. The van der Waals surface area contributed by atoms with Gasteiger partial charge in [-0.3, -0.25) is 18.6 Å². The predicted molar refractivity (Wildman–Crippen MR) is 210 cm³/mol. The van der Waals surface area contributed by atoms with Gasteiger partial charge in [-0.1, -0.05) is 133 Å². The van der Waals surface area contributed by atoms with Crippen molar-refractivity contribution in [2.24, 2.45) is 5.73 Å². The molecule has 9 nitrogen and oxygen atoms in total. The zero-order chi connectivity index (χ0) is 37.5. The molecule has 296 valence electrons. The lowest BCUT2D eigenvalue weighted by atomic mass is 10.1. The minimum atomic E-state index is -4.38. The van der Waals surface area contributed by atoms with Crippen molar-refractivity contribution in [2.75, 3.05) is 26.4 Å². The van der Waals surface area contributed by atoms with Gasteiger partial charge in [0.15, 0.2) is 6.10 Å². The van der Waals surface area contributed by atoms with Crippen molar-refractivity contribution >= 4 is 19.8 Å². The van der Waals surface area contributed by atoms with Crippen LogP contribution in [0.4, 0.5) is 0 Å². The van der Waals surface area contributed by atoms with Gasteiger partial charge in [-0.05, 0) is 70.6 Å². The van der Waals surface area contributed by atoms with E-state index in [1.807, 2.05) is 0 Å². The molecule has 51 heavy (non-hydrogen) atoms. The van der Waals surface area contributed by atoms with Crippen molar-refractivity contribution < 1.29 is 37.6 Å². The van der Waals surface area contributed by atoms with Gasteiger partial charge in [-0.2, -0.15) is 0 Å². The molecule has 0 aliphatic rings. The Hall–Kier alpha value is -2.03. The Bertz CT molecular complexity index is 981. The summed E-state index contributed by atoms with van der Waals surface area (Å²) in [4.78, 5) is 34.8. The topological polar surface area (TPSA) is 134 Å². The van der Waals surface area contributed by atoms with Gasteiger partial charge in [-0.25, -0.2) is 4.57 Å². The smallest absolute Gasteiger partial charge is 0.462 e. The van der Waals surface area contributed by atoms with E-state index in [0.29, 0.717) is 12.8 Å². The van der Waals surface area contributed by atoms with Crippen molar-refractivity contribution in [3.63, 3.8) is 0 Å². The zero-order valence-electron chi connectivity index (χ0n) is 32.3. The summed E-state index contributed by atoms with van der Waals surface area (Å²) in [5.41, 5.74) is 5.34. The van der Waals surface area contributed by atoms with E-state index in [0.717, 1.165) is 77.0 Å². The van der Waals surface area contributed by atoms with E-state index >= 15 is 0 Å². The number of rotatable bonds is 37. The highest BCUT2D eigenvalue weighted by molar-refractivity contribution is 7.47. The molecule has 0 aromatic carbocycles. The summed E-state index contributed by atoms with van der Waals surface area (Å²) >= 11 is 0. The summed E-state index contributed by atoms with van der Waals surface area (Å²) in [5, 5.41) is 0. The van der Waals surface area contributed by atoms with E-state index in [9.17, 15) is 19.0 Å². The first-order valence-corrected chi connectivity index (χ1v) is 21.6. The Balaban J connectivity index is 4.23. The highest BCUT2D eigenvalue weighted by Crippen LogP contribution is 2.43. The monoisotopic (exact) mass is 740 g/mol. The molecule has 0 aliphatic carbocycles. The molecule has 0 saturated heterocycles. The van der Waals surface area contributed by atoms with Crippen LogP contribution >= 0.6 is 7.82 Å². The van der Waals surface area contributed by atoms with E-state index in [1.54, 1.807) is 0 Å². The van der Waals surface area contributed by atoms with Gasteiger partial charge >= 0.3 is 19.8 Å². The Morgan fingerprint density at radius 2 is 1.08 bits per heavy atom. The van der Waals surface area contributed by atoms with Crippen LogP contribution in [-0.2, 0) is 32.7 Å². The minimum absolute atomic E-state index is 0.0486. The lowest BCUT2D eigenvalue weighted by Crippen LogP contribution is -2.29. The number of unbranched alkanes of at least 4 members (excludes halogenated alkanes) is 16. The third kappa shape index (κ3) is 37.5. The average molecular weight is 740 g/mol. The molecule has 10 heteroatoms. The normalized spacial score (nSPS) is 13.9. The Morgan fingerprint density at radius 3 is 1.63 bits per heavy atom. The standard InChI is InChI=1S/C41H74NO8P/c1-3-5-7-9-11-13-15-17-19-21-23-25-27-29-31-33-40(43)47-37-39(38-49-51(45,46)48-36-35-42)50-41(44)34-32-30-28-26-24-22-20-18-16-14-12-10-8-6-4-2/h5,7,11,13-14,16-17,19,39H,3-4,6,8-10,12,15,18,20-38,42H2,1-2H3,(H,45,46)/b7-5+,13-11+,16-14+,19-17+/t39-/m1/s1. The first kappa shape index (κ1) is 49.0.